The number of hydrogen-bond donors (Lipinski definition) is 1. The fourth-order valence-corrected chi connectivity index (χ4v) is 2.74. The lowest BCUT2D eigenvalue weighted by atomic mass is 9.88. The van der Waals surface area contributed by atoms with E-state index in [1.165, 1.54) is 0 Å². The summed E-state index contributed by atoms with van der Waals surface area (Å²) >= 11 is 0. The van der Waals surface area contributed by atoms with Crippen molar-refractivity contribution in [2.45, 2.75) is 51.4 Å². The first kappa shape index (κ1) is 15.1. The Kier molecular flexibility index (Phi) is 3.14. The summed E-state index contributed by atoms with van der Waals surface area (Å²) in [5.41, 5.74) is -1.78. The fraction of sp³-hybridized carbons (Fsp3) is 0.571. The molecule has 8 heteroatoms. The minimum atomic E-state index is -4.83. The summed E-state index contributed by atoms with van der Waals surface area (Å²) in [6, 6.07) is 1.78. The van der Waals surface area contributed by atoms with Crippen LogP contribution in [0.4, 0.5) is 13.2 Å². The molecule has 0 radical (unpaired) electrons. The van der Waals surface area contributed by atoms with E-state index in [1.807, 2.05) is 6.92 Å². The number of aromatic nitrogens is 3. The van der Waals surface area contributed by atoms with Crippen LogP contribution < -0.4 is 0 Å². The molecule has 0 saturated heterocycles. The second-order valence-corrected chi connectivity index (χ2v) is 5.80. The Morgan fingerprint density at radius 2 is 2.14 bits per heavy atom. The van der Waals surface area contributed by atoms with Crippen molar-refractivity contribution in [3.05, 3.63) is 23.0 Å². The Bertz CT molecular complexity index is 715. The molecule has 1 N–H and O–H groups in total. The van der Waals surface area contributed by atoms with Gasteiger partial charge in [-0.1, -0.05) is 19.0 Å². The predicted octanol–water partition coefficient (Wildman–Crippen LogP) is 2.99. The highest BCUT2D eigenvalue weighted by Gasteiger charge is 2.55. The highest BCUT2D eigenvalue weighted by Crippen LogP contribution is 2.46. The molecule has 1 unspecified atom stereocenters. The van der Waals surface area contributed by atoms with Crippen LogP contribution in [-0.4, -0.2) is 26.2 Å². The van der Waals surface area contributed by atoms with Crippen molar-refractivity contribution in [3.63, 3.8) is 0 Å². The van der Waals surface area contributed by atoms with Gasteiger partial charge in [-0.15, -0.1) is 0 Å². The van der Waals surface area contributed by atoms with Gasteiger partial charge in [0.05, 0.1) is 5.69 Å². The molecule has 2 aromatic heterocycles. The molecule has 0 spiro atoms. The van der Waals surface area contributed by atoms with E-state index >= 15 is 0 Å². The van der Waals surface area contributed by atoms with E-state index in [4.69, 9.17) is 4.52 Å². The Morgan fingerprint density at radius 3 is 2.73 bits per heavy atom. The minimum Gasteiger partial charge on any atom is -0.375 e. The van der Waals surface area contributed by atoms with Crippen LogP contribution in [0.15, 0.2) is 10.6 Å². The maximum atomic E-state index is 13.1. The quantitative estimate of drug-likeness (QED) is 0.925. The number of nitrogens with zero attached hydrogens (tertiary/aromatic N) is 3. The Labute approximate surface area is 124 Å². The molecule has 1 aliphatic heterocycles. The van der Waals surface area contributed by atoms with Crippen molar-refractivity contribution in [1.29, 1.82) is 0 Å². The fourth-order valence-electron chi connectivity index (χ4n) is 2.74. The predicted molar refractivity (Wildman–Crippen MR) is 71.1 cm³/mol. The van der Waals surface area contributed by atoms with Gasteiger partial charge in [-0.05, 0) is 19.4 Å². The van der Waals surface area contributed by atoms with Crippen LogP contribution in [0.5, 0.6) is 0 Å². The molecule has 3 rings (SSSR count). The molecular weight excluding hydrogens is 299 g/mol. The SMILES string of the molecule is CCc1cc2n(n1)CC(C)c1c([C@@](C)(O)C(F)(F)F)noc1-2. The van der Waals surface area contributed by atoms with Gasteiger partial charge in [0.1, 0.15) is 11.4 Å². The third kappa shape index (κ3) is 1.97. The summed E-state index contributed by atoms with van der Waals surface area (Å²) in [6.45, 7) is 4.83. The Morgan fingerprint density at radius 1 is 1.45 bits per heavy atom. The third-order valence-corrected chi connectivity index (χ3v) is 4.11. The number of hydrogen-bond acceptors (Lipinski definition) is 4. The topological polar surface area (TPSA) is 64.1 Å². The normalized spacial score (nSPS) is 20.4. The third-order valence-electron chi connectivity index (χ3n) is 4.11. The summed E-state index contributed by atoms with van der Waals surface area (Å²) in [5.74, 6) is -0.0346. The molecule has 0 amide bonds. The van der Waals surface area contributed by atoms with Crippen LogP contribution in [0.2, 0.25) is 0 Å². The summed E-state index contributed by atoms with van der Waals surface area (Å²) < 4.78 is 46.2. The number of aryl methyl sites for hydroxylation is 1. The van der Waals surface area contributed by atoms with Gasteiger partial charge in [-0.2, -0.15) is 18.3 Å². The first-order valence-electron chi connectivity index (χ1n) is 7.03. The first-order valence-corrected chi connectivity index (χ1v) is 7.03. The highest BCUT2D eigenvalue weighted by molar-refractivity contribution is 5.62. The Balaban J connectivity index is 2.18. The number of aliphatic hydroxyl groups is 1. The van der Waals surface area contributed by atoms with Crippen molar-refractivity contribution in [3.8, 4) is 11.5 Å². The smallest absolute Gasteiger partial charge is 0.375 e. The molecule has 0 aliphatic carbocycles. The van der Waals surface area contributed by atoms with Crippen molar-refractivity contribution in [2.75, 3.05) is 0 Å². The van der Waals surface area contributed by atoms with Crippen molar-refractivity contribution in [1.82, 2.24) is 14.9 Å². The van der Waals surface area contributed by atoms with Gasteiger partial charge in [-0.25, -0.2) is 0 Å². The molecule has 2 aromatic rings. The zero-order valence-corrected chi connectivity index (χ0v) is 12.4. The van der Waals surface area contributed by atoms with Gasteiger partial charge in [-0.3, -0.25) is 4.68 Å². The van der Waals surface area contributed by atoms with E-state index in [0.717, 1.165) is 5.69 Å². The van der Waals surface area contributed by atoms with E-state index in [1.54, 1.807) is 17.7 Å². The molecule has 2 atom stereocenters. The van der Waals surface area contributed by atoms with Gasteiger partial charge in [0.15, 0.2) is 5.76 Å². The zero-order chi connectivity index (χ0) is 16.3. The molecule has 120 valence electrons. The van der Waals surface area contributed by atoms with Gasteiger partial charge < -0.3 is 9.63 Å². The summed E-state index contributed by atoms with van der Waals surface area (Å²) in [4.78, 5) is 0. The van der Waals surface area contributed by atoms with Crippen molar-refractivity contribution >= 4 is 0 Å². The van der Waals surface area contributed by atoms with Crippen LogP contribution in [0.1, 0.15) is 43.6 Å². The molecule has 1 aliphatic rings. The van der Waals surface area contributed by atoms with Gasteiger partial charge in [0.25, 0.3) is 0 Å². The maximum Gasteiger partial charge on any atom is 0.422 e. The second-order valence-electron chi connectivity index (χ2n) is 5.80. The minimum absolute atomic E-state index is 0.255. The molecule has 5 nitrogen and oxygen atoms in total. The lowest BCUT2D eigenvalue weighted by molar-refractivity contribution is -0.261. The number of alkyl halides is 3. The maximum absolute atomic E-state index is 13.1. The van der Waals surface area contributed by atoms with Crippen molar-refractivity contribution in [2.24, 2.45) is 0 Å². The molecule has 22 heavy (non-hydrogen) atoms. The van der Waals surface area contributed by atoms with E-state index in [-0.39, 0.29) is 11.7 Å². The first-order chi connectivity index (χ1) is 10.2. The van der Waals surface area contributed by atoms with Crippen molar-refractivity contribution < 1.29 is 22.8 Å². The average Bonchev–Trinajstić information content (AvgIpc) is 3.00. The summed E-state index contributed by atoms with van der Waals surface area (Å²) in [5, 5.41) is 17.8. The van der Waals surface area contributed by atoms with Crippen LogP contribution >= 0.6 is 0 Å². The zero-order valence-electron chi connectivity index (χ0n) is 12.4. The molecule has 3 heterocycles. The van der Waals surface area contributed by atoms with E-state index in [0.29, 0.717) is 31.1 Å². The number of halogens is 3. The lowest BCUT2D eigenvalue weighted by Crippen LogP contribution is -2.40. The number of fused-ring (bicyclic) bond motifs is 3. The van der Waals surface area contributed by atoms with Gasteiger partial charge in [0.2, 0.25) is 5.60 Å². The van der Waals surface area contributed by atoms with Crippen LogP contribution in [0.3, 0.4) is 0 Å². The van der Waals surface area contributed by atoms with E-state index in [9.17, 15) is 18.3 Å². The molecule has 0 aromatic carbocycles. The highest BCUT2D eigenvalue weighted by atomic mass is 19.4. The van der Waals surface area contributed by atoms with Crippen LogP contribution in [-0.2, 0) is 18.6 Å². The average molecular weight is 315 g/mol. The van der Waals surface area contributed by atoms with Gasteiger partial charge in [0, 0.05) is 18.0 Å². The number of rotatable bonds is 2. The lowest BCUT2D eigenvalue weighted by Gasteiger charge is -2.27. The molecule has 0 fully saturated rings. The monoisotopic (exact) mass is 315 g/mol. The largest absolute Gasteiger partial charge is 0.422 e. The summed E-state index contributed by atoms with van der Waals surface area (Å²) in [7, 11) is 0. The Hall–Kier alpha value is -1.83. The van der Waals surface area contributed by atoms with Gasteiger partial charge >= 0.3 is 6.18 Å². The molecule has 0 saturated carbocycles. The standard InChI is InChI=1S/C14H16F3N3O2/c1-4-8-5-9-11-10(7(2)6-20(9)18-8)12(19-22-11)13(3,21)14(15,16)17/h5,7,21H,4,6H2,1-3H3/t7?,13-/m1/s1. The van der Waals surface area contributed by atoms with Crippen LogP contribution in [0.25, 0.3) is 11.5 Å². The van der Waals surface area contributed by atoms with Crippen LogP contribution in [0, 0.1) is 0 Å². The summed E-state index contributed by atoms with van der Waals surface area (Å²) in [6.07, 6.45) is -4.12. The molecular formula is C14H16F3N3O2. The van der Waals surface area contributed by atoms with E-state index in [2.05, 4.69) is 10.3 Å². The van der Waals surface area contributed by atoms with E-state index < -0.39 is 17.5 Å². The second kappa shape index (κ2) is 4.58. The molecule has 0 bridgehead atoms.